The highest BCUT2D eigenvalue weighted by atomic mass is 35.5. The summed E-state index contributed by atoms with van der Waals surface area (Å²) in [5.74, 6) is 0.150. The van der Waals surface area contributed by atoms with E-state index in [-0.39, 0.29) is 11.1 Å². The van der Waals surface area contributed by atoms with E-state index in [2.05, 4.69) is 63.5 Å². The Kier molecular flexibility index (Phi) is 4.07. The van der Waals surface area contributed by atoms with Crippen molar-refractivity contribution in [2.75, 3.05) is 5.73 Å². The van der Waals surface area contributed by atoms with E-state index < -0.39 is 0 Å². The molecule has 4 rings (SSSR count). The maximum atomic E-state index is 6.07. The molecule has 25 heavy (non-hydrogen) atoms. The third kappa shape index (κ3) is 3.32. The lowest BCUT2D eigenvalue weighted by Crippen LogP contribution is -2.02. The molecular formula is C19H16ClN5. The summed E-state index contributed by atoms with van der Waals surface area (Å²) in [6.07, 6.45) is 2.64. The number of imidazole rings is 1. The Balaban J connectivity index is 1.55. The lowest BCUT2D eigenvalue weighted by molar-refractivity contribution is 0.813. The number of nitrogen functional groups attached to an aromatic ring is 1. The first-order valence-corrected chi connectivity index (χ1v) is 8.32. The molecule has 0 radical (unpaired) electrons. The second kappa shape index (κ2) is 6.53. The van der Waals surface area contributed by atoms with Gasteiger partial charge in [0.2, 0.25) is 5.95 Å². The van der Waals surface area contributed by atoms with E-state index in [9.17, 15) is 0 Å². The summed E-state index contributed by atoms with van der Waals surface area (Å²) < 4.78 is 1.92. The number of benzene rings is 2. The van der Waals surface area contributed by atoms with E-state index in [0.29, 0.717) is 17.7 Å². The normalized spacial score (nSPS) is 11.1. The molecule has 0 amide bonds. The third-order valence-electron chi connectivity index (χ3n) is 4.07. The lowest BCUT2D eigenvalue weighted by Gasteiger charge is -2.07. The maximum Gasteiger partial charge on any atom is 0.223 e. The SMILES string of the molecule is Nc1nc(Cl)c2ncn(Cc3ccc(Cc4ccccc4)cc3)c2n1. The van der Waals surface area contributed by atoms with Gasteiger partial charge in [-0.05, 0) is 23.1 Å². The molecule has 2 heterocycles. The van der Waals surface area contributed by atoms with Crippen molar-refractivity contribution >= 4 is 28.7 Å². The molecule has 0 saturated heterocycles. The van der Waals surface area contributed by atoms with Crippen molar-refractivity contribution in [1.82, 2.24) is 19.5 Å². The smallest absolute Gasteiger partial charge is 0.223 e. The van der Waals surface area contributed by atoms with E-state index >= 15 is 0 Å². The average Bonchev–Trinajstić information content (AvgIpc) is 3.01. The second-order valence-corrected chi connectivity index (χ2v) is 6.25. The highest BCUT2D eigenvalue weighted by Gasteiger charge is 2.11. The molecule has 2 aromatic heterocycles. The van der Waals surface area contributed by atoms with Crippen LogP contribution in [0.5, 0.6) is 0 Å². The van der Waals surface area contributed by atoms with Crippen LogP contribution in [0.4, 0.5) is 5.95 Å². The van der Waals surface area contributed by atoms with Gasteiger partial charge in [0, 0.05) is 0 Å². The van der Waals surface area contributed by atoms with E-state index in [4.69, 9.17) is 17.3 Å². The van der Waals surface area contributed by atoms with Crippen LogP contribution in [0, 0.1) is 0 Å². The average molecular weight is 350 g/mol. The van der Waals surface area contributed by atoms with Crippen molar-refractivity contribution in [3.05, 3.63) is 82.8 Å². The minimum atomic E-state index is 0.150. The van der Waals surface area contributed by atoms with Gasteiger partial charge < -0.3 is 10.3 Å². The first-order valence-electron chi connectivity index (χ1n) is 7.94. The van der Waals surface area contributed by atoms with Gasteiger partial charge in [-0.3, -0.25) is 0 Å². The van der Waals surface area contributed by atoms with Gasteiger partial charge in [-0.1, -0.05) is 66.2 Å². The Labute approximate surface area is 150 Å². The number of hydrogen-bond acceptors (Lipinski definition) is 4. The number of rotatable bonds is 4. The van der Waals surface area contributed by atoms with Crippen LogP contribution >= 0.6 is 11.6 Å². The minimum absolute atomic E-state index is 0.150. The van der Waals surface area contributed by atoms with Crippen molar-refractivity contribution in [3.8, 4) is 0 Å². The van der Waals surface area contributed by atoms with Gasteiger partial charge in [0.05, 0.1) is 12.9 Å². The number of anilines is 1. The van der Waals surface area contributed by atoms with Crippen LogP contribution in [0.1, 0.15) is 16.7 Å². The summed E-state index contributed by atoms with van der Waals surface area (Å²) in [6.45, 7) is 0.648. The van der Waals surface area contributed by atoms with Crippen LogP contribution in [-0.2, 0) is 13.0 Å². The molecule has 5 nitrogen and oxygen atoms in total. The highest BCUT2D eigenvalue weighted by Crippen LogP contribution is 2.20. The molecule has 2 aromatic carbocycles. The number of nitrogens with zero attached hydrogens (tertiary/aromatic N) is 4. The van der Waals surface area contributed by atoms with Crippen molar-refractivity contribution in [1.29, 1.82) is 0 Å². The second-order valence-electron chi connectivity index (χ2n) is 5.90. The number of nitrogens with two attached hydrogens (primary N) is 1. The summed E-state index contributed by atoms with van der Waals surface area (Å²) in [4.78, 5) is 12.5. The quantitative estimate of drug-likeness (QED) is 0.570. The zero-order chi connectivity index (χ0) is 17.2. The van der Waals surface area contributed by atoms with Crippen molar-refractivity contribution in [2.45, 2.75) is 13.0 Å². The van der Waals surface area contributed by atoms with Gasteiger partial charge in [0.1, 0.15) is 5.52 Å². The largest absolute Gasteiger partial charge is 0.368 e. The molecule has 6 heteroatoms. The molecule has 0 aliphatic heterocycles. The van der Waals surface area contributed by atoms with Crippen molar-refractivity contribution in [3.63, 3.8) is 0 Å². The predicted octanol–water partition coefficient (Wildman–Crippen LogP) is 3.70. The summed E-state index contributed by atoms with van der Waals surface area (Å²) >= 11 is 6.07. The first-order chi connectivity index (χ1) is 12.2. The third-order valence-corrected chi connectivity index (χ3v) is 4.33. The first kappa shape index (κ1) is 15.6. The van der Waals surface area contributed by atoms with Crippen molar-refractivity contribution in [2.24, 2.45) is 0 Å². The standard InChI is InChI=1S/C19H16ClN5/c20-17-16-18(24-19(21)23-17)25(12-22-16)11-15-8-6-14(7-9-15)10-13-4-2-1-3-5-13/h1-9,12H,10-11H2,(H2,21,23,24). The maximum absolute atomic E-state index is 6.07. The molecule has 0 bridgehead atoms. The van der Waals surface area contributed by atoms with Gasteiger partial charge in [-0.15, -0.1) is 0 Å². The van der Waals surface area contributed by atoms with Crippen LogP contribution in [0.3, 0.4) is 0 Å². The summed E-state index contributed by atoms with van der Waals surface area (Å²) in [5, 5.41) is 0.277. The molecule has 124 valence electrons. The molecule has 0 spiro atoms. The van der Waals surface area contributed by atoms with Crippen LogP contribution in [0.2, 0.25) is 5.15 Å². The number of aromatic nitrogens is 4. The fourth-order valence-electron chi connectivity index (χ4n) is 2.83. The topological polar surface area (TPSA) is 69.6 Å². The molecule has 0 unspecified atom stereocenters. The fourth-order valence-corrected chi connectivity index (χ4v) is 3.05. The molecule has 0 aliphatic rings. The zero-order valence-electron chi connectivity index (χ0n) is 13.4. The van der Waals surface area contributed by atoms with E-state index in [0.717, 1.165) is 12.0 Å². The van der Waals surface area contributed by atoms with Gasteiger partial charge in [0.15, 0.2) is 10.8 Å². The van der Waals surface area contributed by atoms with Gasteiger partial charge in [-0.2, -0.15) is 9.97 Å². The van der Waals surface area contributed by atoms with Gasteiger partial charge >= 0.3 is 0 Å². The van der Waals surface area contributed by atoms with Crippen LogP contribution < -0.4 is 5.73 Å². The summed E-state index contributed by atoms with van der Waals surface area (Å²) in [7, 11) is 0. The highest BCUT2D eigenvalue weighted by molar-refractivity contribution is 6.33. The van der Waals surface area contributed by atoms with E-state index in [1.54, 1.807) is 6.33 Å². The molecule has 0 fully saturated rings. The Morgan fingerprint density at radius 2 is 1.56 bits per heavy atom. The molecule has 0 saturated carbocycles. The zero-order valence-corrected chi connectivity index (χ0v) is 14.2. The van der Waals surface area contributed by atoms with Crippen LogP contribution in [0.25, 0.3) is 11.2 Å². The molecular weight excluding hydrogens is 334 g/mol. The molecule has 0 aliphatic carbocycles. The Morgan fingerprint density at radius 3 is 2.32 bits per heavy atom. The molecule has 2 N–H and O–H groups in total. The number of halogens is 1. The monoisotopic (exact) mass is 349 g/mol. The van der Waals surface area contributed by atoms with Gasteiger partial charge in [-0.25, -0.2) is 4.98 Å². The van der Waals surface area contributed by atoms with Gasteiger partial charge in [0.25, 0.3) is 0 Å². The van der Waals surface area contributed by atoms with E-state index in [1.165, 1.54) is 11.1 Å². The minimum Gasteiger partial charge on any atom is -0.368 e. The van der Waals surface area contributed by atoms with Crippen molar-refractivity contribution < 1.29 is 0 Å². The van der Waals surface area contributed by atoms with Crippen LogP contribution in [-0.4, -0.2) is 19.5 Å². The summed E-state index contributed by atoms with van der Waals surface area (Å²) in [5.41, 5.74) is 10.6. The Bertz CT molecular complexity index is 1010. The fraction of sp³-hybridized carbons (Fsp3) is 0.105. The molecule has 0 atom stereocenters. The van der Waals surface area contributed by atoms with E-state index in [1.807, 2.05) is 10.6 Å². The summed E-state index contributed by atoms with van der Waals surface area (Å²) in [6, 6.07) is 19.0. The molecule has 4 aromatic rings. The lowest BCUT2D eigenvalue weighted by atomic mass is 10.0. The van der Waals surface area contributed by atoms with Crippen LogP contribution in [0.15, 0.2) is 60.9 Å². The Hall–Kier alpha value is -2.92. The Morgan fingerprint density at radius 1 is 0.880 bits per heavy atom. The predicted molar refractivity (Wildman–Crippen MR) is 99.5 cm³/mol. The number of fused-ring (bicyclic) bond motifs is 1. The number of hydrogen-bond donors (Lipinski definition) is 1.